The van der Waals surface area contributed by atoms with Crippen LogP contribution in [0.25, 0.3) is 0 Å². The summed E-state index contributed by atoms with van der Waals surface area (Å²) in [6.07, 6.45) is 0.100. The Balaban J connectivity index is 2.17. The lowest BCUT2D eigenvalue weighted by atomic mass is 9.96. The van der Waals surface area contributed by atoms with Crippen LogP contribution in [0.1, 0.15) is 33.5 Å². The molecule has 0 spiro atoms. The van der Waals surface area contributed by atoms with Gasteiger partial charge >= 0.3 is 0 Å². The van der Waals surface area contributed by atoms with Gasteiger partial charge in [0.25, 0.3) is 0 Å². The Hall–Kier alpha value is -0.720. The largest absolute Gasteiger partial charge is 0.373 e. The van der Waals surface area contributed by atoms with Gasteiger partial charge in [-0.15, -0.1) is 0 Å². The molecule has 1 saturated heterocycles. The molecule has 0 aromatic carbocycles. The van der Waals surface area contributed by atoms with Crippen LogP contribution in [0.2, 0.25) is 0 Å². The molecule has 1 fully saturated rings. The molecule has 2 rings (SSSR count). The topological polar surface area (TPSA) is 64.3 Å². The van der Waals surface area contributed by atoms with Gasteiger partial charge in [-0.1, -0.05) is 20.8 Å². The fourth-order valence-electron chi connectivity index (χ4n) is 1.86. The van der Waals surface area contributed by atoms with E-state index in [1.54, 1.807) is 0 Å². The summed E-state index contributed by atoms with van der Waals surface area (Å²) >= 11 is 1.47. The SMILES string of the molecule is CC1COC(CN)CN1c1nc(C(C)(C)C)ns1. The number of hydrogen-bond donors (Lipinski definition) is 1. The van der Waals surface area contributed by atoms with E-state index in [-0.39, 0.29) is 11.5 Å². The minimum Gasteiger partial charge on any atom is -0.373 e. The Morgan fingerprint density at radius 3 is 2.78 bits per heavy atom. The summed E-state index contributed by atoms with van der Waals surface area (Å²) in [7, 11) is 0. The van der Waals surface area contributed by atoms with E-state index in [0.29, 0.717) is 19.2 Å². The van der Waals surface area contributed by atoms with Crippen LogP contribution in [0.3, 0.4) is 0 Å². The zero-order chi connectivity index (χ0) is 13.3. The third-order valence-electron chi connectivity index (χ3n) is 3.10. The van der Waals surface area contributed by atoms with E-state index in [9.17, 15) is 0 Å². The first-order valence-corrected chi connectivity index (χ1v) is 7.11. The maximum absolute atomic E-state index is 5.68. The molecule has 6 heteroatoms. The second-order valence-corrected chi connectivity index (χ2v) is 6.57. The molecule has 2 heterocycles. The smallest absolute Gasteiger partial charge is 0.205 e. The second-order valence-electron chi connectivity index (χ2n) is 5.84. The molecule has 2 atom stereocenters. The molecule has 0 bridgehead atoms. The predicted molar refractivity (Wildman–Crippen MR) is 74.2 cm³/mol. The molecule has 2 N–H and O–H groups in total. The van der Waals surface area contributed by atoms with Crippen molar-refractivity contribution in [3.63, 3.8) is 0 Å². The number of aromatic nitrogens is 2. The Labute approximate surface area is 113 Å². The molecule has 0 aliphatic carbocycles. The van der Waals surface area contributed by atoms with Crippen LogP contribution in [-0.2, 0) is 10.2 Å². The van der Waals surface area contributed by atoms with Gasteiger partial charge in [0.15, 0.2) is 0 Å². The maximum atomic E-state index is 5.68. The molecule has 102 valence electrons. The van der Waals surface area contributed by atoms with E-state index in [1.807, 2.05) is 0 Å². The fraction of sp³-hybridized carbons (Fsp3) is 0.833. The van der Waals surface area contributed by atoms with Gasteiger partial charge in [0.2, 0.25) is 5.13 Å². The molecular weight excluding hydrogens is 248 g/mol. The minimum absolute atomic E-state index is 0.00244. The lowest BCUT2D eigenvalue weighted by Gasteiger charge is -2.37. The van der Waals surface area contributed by atoms with Crippen molar-refractivity contribution in [3.05, 3.63) is 5.82 Å². The van der Waals surface area contributed by atoms with E-state index in [0.717, 1.165) is 17.5 Å². The van der Waals surface area contributed by atoms with Gasteiger partial charge < -0.3 is 15.4 Å². The van der Waals surface area contributed by atoms with E-state index < -0.39 is 0 Å². The van der Waals surface area contributed by atoms with Crippen molar-refractivity contribution in [2.24, 2.45) is 5.73 Å². The normalized spacial score (nSPS) is 25.5. The zero-order valence-corrected chi connectivity index (χ0v) is 12.3. The van der Waals surface area contributed by atoms with Gasteiger partial charge in [-0.3, -0.25) is 0 Å². The standard InChI is InChI=1S/C12H22N4OS/c1-8-7-17-9(5-13)6-16(8)11-14-10(15-18-11)12(2,3)4/h8-9H,5-7,13H2,1-4H3. The lowest BCUT2D eigenvalue weighted by Crippen LogP contribution is -2.50. The first-order chi connectivity index (χ1) is 8.41. The minimum atomic E-state index is -0.00244. The van der Waals surface area contributed by atoms with Crippen LogP contribution in [0.4, 0.5) is 5.13 Å². The lowest BCUT2D eigenvalue weighted by molar-refractivity contribution is 0.0283. The van der Waals surface area contributed by atoms with Crippen LogP contribution in [-0.4, -0.2) is 41.2 Å². The van der Waals surface area contributed by atoms with Crippen molar-refractivity contribution in [2.75, 3.05) is 24.6 Å². The number of anilines is 1. The van der Waals surface area contributed by atoms with Crippen molar-refractivity contribution in [1.82, 2.24) is 9.36 Å². The number of rotatable bonds is 2. The molecular formula is C12H22N4OS. The highest BCUT2D eigenvalue weighted by molar-refractivity contribution is 7.09. The van der Waals surface area contributed by atoms with Gasteiger partial charge in [0, 0.05) is 30.0 Å². The quantitative estimate of drug-likeness (QED) is 0.880. The number of hydrogen-bond acceptors (Lipinski definition) is 6. The molecule has 5 nitrogen and oxygen atoms in total. The Bertz CT molecular complexity index is 401. The van der Waals surface area contributed by atoms with Gasteiger partial charge in [-0.2, -0.15) is 4.37 Å². The summed E-state index contributed by atoms with van der Waals surface area (Å²) < 4.78 is 10.1. The summed E-state index contributed by atoms with van der Waals surface area (Å²) in [5, 5.41) is 0.981. The highest BCUT2D eigenvalue weighted by atomic mass is 32.1. The van der Waals surface area contributed by atoms with Crippen molar-refractivity contribution >= 4 is 16.7 Å². The summed E-state index contributed by atoms with van der Waals surface area (Å²) in [6, 6.07) is 0.327. The van der Waals surface area contributed by atoms with E-state index in [4.69, 9.17) is 10.5 Å². The monoisotopic (exact) mass is 270 g/mol. The molecule has 1 aliphatic rings. The van der Waals surface area contributed by atoms with Gasteiger partial charge in [-0.25, -0.2) is 4.98 Å². The summed E-state index contributed by atoms with van der Waals surface area (Å²) in [5.41, 5.74) is 5.68. The number of nitrogens with zero attached hydrogens (tertiary/aromatic N) is 3. The Morgan fingerprint density at radius 2 is 2.22 bits per heavy atom. The average Bonchev–Trinajstić information content (AvgIpc) is 2.78. The van der Waals surface area contributed by atoms with Crippen LogP contribution >= 0.6 is 11.5 Å². The van der Waals surface area contributed by atoms with Crippen LogP contribution in [0.15, 0.2) is 0 Å². The number of nitrogens with two attached hydrogens (primary N) is 1. The molecule has 18 heavy (non-hydrogen) atoms. The summed E-state index contributed by atoms with van der Waals surface area (Å²) in [6.45, 7) is 10.6. The molecule has 0 radical (unpaired) electrons. The first kappa shape index (κ1) is 13.7. The Morgan fingerprint density at radius 1 is 1.50 bits per heavy atom. The van der Waals surface area contributed by atoms with Crippen molar-refractivity contribution in [1.29, 1.82) is 0 Å². The third-order valence-corrected chi connectivity index (χ3v) is 3.85. The highest BCUT2D eigenvalue weighted by Crippen LogP contribution is 2.28. The highest BCUT2D eigenvalue weighted by Gasteiger charge is 2.29. The van der Waals surface area contributed by atoms with Crippen LogP contribution < -0.4 is 10.6 Å². The first-order valence-electron chi connectivity index (χ1n) is 6.34. The Kier molecular flexibility index (Phi) is 3.89. The van der Waals surface area contributed by atoms with Crippen molar-refractivity contribution in [3.8, 4) is 0 Å². The summed E-state index contributed by atoms with van der Waals surface area (Å²) in [4.78, 5) is 6.92. The molecule has 2 unspecified atom stereocenters. The predicted octanol–water partition coefficient (Wildman–Crippen LogP) is 1.39. The van der Waals surface area contributed by atoms with Crippen molar-refractivity contribution in [2.45, 2.75) is 45.3 Å². The second kappa shape index (κ2) is 5.11. The third kappa shape index (κ3) is 2.81. The van der Waals surface area contributed by atoms with Crippen LogP contribution in [0.5, 0.6) is 0 Å². The molecule has 0 amide bonds. The van der Waals surface area contributed by atoms with Gasteiger partial charge in [-0.05, 0) is 6.92 Å². The van der Waals surface area contributed by atoms with Gasteiger partial charge in [0.1, 0.15) is 5.82 Å². The van der Waals surface area contributed by atoms with E-state index in [2.05, 4.69) is 42.0 Å². The zero-order valence-electron chi connectivity index (χ0n) is 11.5. The van der Waals surface area contributed by atoms with Gasteiger partial charge in [0.05, 0.1) is 18.8 Å². The fourth-order valence-corrected chi connectivity index (χ4v) is 2.83. The maximum Gasteiger partial charge on any atom is 0.205 e. The van der Waals surface area contributed by atoms with E-state index >= 15 is 0 Å². The van der Waals surface area contributed by atoms with E-state index in [1.165, 1.54) is 11.5 Å². The average molecular weight is 270 g/mol. The summed E-state index contributed by atoms with van der Waals surface area (Å²) in [5.74, 6) is 0.908. The number of ether oxygens (including phenoxy) is 1. The molecule has 1 aromatic heterocycles. The molecule has 0 saturated carbocycles. The van der Waals surface area contributed by atoms with Crippen molar-refractivity contribution < 1.29 is 4.74 Å². The number of morpholine rings is 1. The molecule has 1 aliphatic heterocycles. The molecule has 1 aromatic rings. The van der Waals surface area contributed by atoms with Crippen LogP contribution in [0, 0.1) is 0 Å².